The summed E-state index contributed by atoms with van der Waals surface area (Å²) in [5, 5.41) is 7.75. The second-order valence-corrected chi connectivity index (χ2v) is 6.53. The number of amides is 1. The molecule has 0 fully saturated rings. The van der Waals surface area contributed by atoms with E-state index in [1.807, 2.05) is 13.0 Å². The third-order valence-corrected chi connectivity index (χ3v) is 4.37. The Morgan fingerprint density at radius 1 is 1.24 bits per heavy atom. The molecule has 3 rings (SSSR count). The van der Waals surface area contributed by atoms with Gasteiger partial charge in [0.15, 0.2) is 5.82 Å². The first kappa shape index (κ1) is 20.4. The highest BCUT2D eigenvalue weighted by molar-refractivity contribution is 5.98. The lowest BCUT2D eigenvalue weighted by molar-refractivity contribution is 0.0645. The predicted octanol–water partition coefficient (Wildman–Crippen LogP) is 3.18. The van der Waals surface area contributed by atoms with Gasteiger partial charge in [-0.2, -0.15) is 10.2 Å². The van der Waals surface area contributed by atoms with Gasteiger partial charge in [-0.25, -0.2) is 13.8 Å². The van der Waals surface area contributed by atoms with Gasteiger partial charge in [0.05, 0.1) is 24.0 Å². The third-order valence-electron chi connectivity index (χ3n) is 4.37. The molecule has 7 nitrogen and oxygen atoms in total. The van der Waals surface area contributed by atoms with E-state index in [4.69, 9.17) is 4.74 Å². The Bertz CT molecular complexity index is 977. The van der Waals surface area contributed by atoms with Crippen LogP contribution in [0.15, 0.2) is 42.9 Å². The van der Waals surface area contributed by atoms with Crippen molar-refractivity contribution in [2.45, 2.75) is 26.8 Å². The maximum atomic E-state index is 14.5. The molecule has 0 aliphatic carbocycles. The molecular formula is C20H21F2N5O2. The first-order chi connectivity index (χ1) is 13.9. The normalized spacial score (nSPS) is 11.9. The number of carbonyl (C=O) groups is 1. The highest BCUT2D eigenvalue weighted by atomic mass is 19.1. The fraction of sp³-hybridized carbons (Fsp3) is 0.300. The van der Waals surface area contributed by atoms with Crippen molar-refractivity contribution in [1.82, 2.24) is 24.9 Å². The standard InChI is InChI=1S/C20H21F2N5O2/c1-4-26(14(3)12-29-18-6-5-13(2)11-23-18)20(28)16-9-15(21)10-17(22)19(16)27-24-7-8-25-27/h5-11,14H,4,12H2,1-3H3/t14-/m0/s1. The van der Waals surface area contributed by atoms with Gasteiger partial charge in [-0.3, -0.25) is 4.79 Å². The van der Waals surface area contributed by atoms with Gasteiger partial charge in [0.25, 0.3) is 5.91 Å². The molecule has 0 radical (unpaired) electrons. The summed E-state index contributed by atoms with van der Waals surface area (Å²) in [7, 11) is 0. The largest absolute Gasteiger partial charge is 0.475 e. The number of rotatable bonds is 7. The second-order valence-electron chi connectivity index (χ2n) is 6.53. The quantitative estimate of drug-likeness (QED) is 0.608. The van der Waals surface area contributed by atoms with Crippen molar-refractivity contribution in [2.24, 2.45) is 0 Å². The predicted molar refractivity (Wildman–Crippen MR) is 102 cm³/mol. The molecule has 0 spiro atoms. The van der Waals surface area contributed by atoms with Crippen LogP contribution in [-0.4, -0.2) is 50.0 Å². The Balaban J connectivity index is 1.84. The van der Waals surface area contributed by atoms with Crippen LogP contribution in [-0.2, 0) is 0 Å². The van der Waals surface area contributed by atoms with E-state index in [9.17, 15) is 13.6 Å². The number of carbonyl (C=O) groups excluding carboxylic acids is 1. The van der Waals surface area contributed by atoms with E-state index >= 15 is 0 Å². The molecule has 152 valence electrons. The first-order valence-electron chi connectivity index (χ1n) is 9.12. The SMILES string of the molecule is CCN(C(=O)c1cc(F)cc(F)c1-n1nccn1)[C@@H](C)COc1ccc(C)cn1. The molecule has 0 aliphatic rings. The molecule has 0 aliphatic heterocycles. The maximum Gasteiger partial charge on any atom is 0.256 e. The smallest absolute Gasteiger partial charge is 0.256 e. The van der Waals surface area contributed by atoms with Crippen molar-refractivity contribution in [3.63, 3.8) is 0 Å². The summed E-state index contributed by atoms with van der Waals surface area (Å²) in [6.07, 6.45) is 4.38. The molecule has 0 saturated heterocycles. The van der Waals surface area contributed by atoms with E-state index in [0.717, 1.165) is 16.4 Å². The summed E-state index contributed by atoms with van der Waals surface area (Å²) in [6, 6.07) is 4.92. The van der Waals surface area contributed by atoms with Crippen molar-refractivity contribution in [3.05, 3.63) is 65.6 Å². The van der Waals surface area contributed by atoms with Crippen LogP contribution < -0.4 is 4.74 Å². The van der Waals surface area contributed by atoms with E-state index in [1.165, 1.54) is 17.3 Å². The van der Waals surface area contributed by atoms with Crippen molar-refractivity contribution in [1.29, 1.82) is 0 Å². The van der Waals surface area contributed by atoms with Gasteiger partial charge in [0, 0.05) is 24.9 Å². The number of pyridine rings is 1. The minimum atomic E-state index is -0.923. The van der Waals surface area contributed by atoms with Crippen molar-refractivity contribution in [2.75, 3.05) is 13.2 Å². The monoisotopic (exact) mass is 401 g/mol. The van der Waals surface area contributed by atoms with Crippen LogP contribution >= 0.6 is 0 Å². The van der Waals surface area contributed by atoms with Crippen LogP contribution in [0.4, 0.5) is 8.78 Å². The zero-order valence-electron chi connectivity index (χ0n) is 16.3. The maximum absolute atomic E-state index is 14.5. The Labute approximate surface area is 166 Å². The number of likely N-dealkylation sites (N-methyl/N-ethyl adjacent to an activating group) is 1. The lowest BCUT2D eigenvalue weighted by Crippen LogP contribution is -2.42. The number of hydrogen-bond acceptors (Lipinski definition) is 5. The summed E-state index contributed by atoms with van der Waals surface area (Å²) in [5.74, 6) is -1.89. The minimum absolute atomic E-state index is 0.166. The molecule has 0 bridgehead atoms. The fourth-order valence-corrected chi connectivity index (χ4v) is 2.91. The van der Waals surface area contributed by atoms with E-state index in [2.05, 4.69) is 15.2 Å². The molecular weight excluding hydrogens is 380 g/mol. The van der Waals surface area contributed by atoms with E-state index in [0.29, 0.717) is 18.5 Å². The number of benzene rings is 1. The molecule has 1 atom stereocenters. The number of aryl methyl sites for hydroxylation is 1. The van der Waals surface area contributed by atoms with Gasteiger partial charge in [0.1, 0.15) is 18.1 Å². The second kappa shape index (κ2) is 8.76. The number of nitrogens with zero attached hydrogens (tertiary/aromatic N) is 5. The molecule has 1 amide bonds. The minimum Gasteiger partial charge on any atom is -0.475 e. The van der Waals surface area contributed by atoms with Crippen LogP contribution in [0.5, 0.6) is 5.88 Å². The Kier molecular flexibility index (Phi) is 6.16. The molecule has 0 N–H and O–H groups in total. The molecule has 9 heteroatoms. The van der Waals surface area contributed by atoms with Crippen molar-refractivity contribution in [3.8, 4) is 11.6 Å². The lowest BCUT2D eigenvalue weighted by Gasteiger charge is -2.28. The number of halogens is 2. The molecule has 2 heterocycles. The van der Waals surface area contributed by atoms with Gasteiger partial charge in [-0.15, -0.1) is 4.80 Å². The molecule has 0 saturated carbocycles. The fourth-order valence-electron chi connectivity index (χ4n) is 2.91. The van der Waals surface area contributed by atoms with Gasteiger partial charge in [0.2, 0.25) is 5.88 Å². The molecule has 29 heavy (non-hydrogen) atoms. The summed E-state index contributed by atoms with van der Waals surface area (Å²) in [5.41, 5.74) is 0.637. The Morgan fingerprint density at radius 3 is 2.59 bits per heavy atom. The van der Waals surface area contributed by atoms with Crippen LogP contribution in [0, 0.1) is 18.6 Å². The van der Waals surface area contributed by atoms with Crippen molar-refractivity contribution >= 4 is 5.91 Å². The Morgan fingerprint density at radius 2 is 1.97 bits per heavy atom. The van der Waals surface area contributed by atoms with Crippen LogP contribution in [0.2, 0.25) is 0 Å². The van der Waals surface area contributed by atoms with Crippen LogP contribution in [0.25, 0.3) is 5.69 Å². The van der Waals surface area contributed by atoms with Gasteiger partial charge >= 0.3 is 0 Å². The highest BCUT2D eigenvalue weighted by Gasteiger charge is 2.27. The van der Waals surface area contributed by atoms with Crippen molar-refractivity contribution < 1.29 is 18.3 Å². The molecule has 0 unspecified atom stereocenters. The summed E-state index contributed by atoms with van der Waals surface area (Å²) < 4.78 is 34.0. The van der Waals surface area contributed by atoms with Gasteiger partial charge in [-0.1, -0.05) is 6.07 Å². The van der Waals surface area contributed by atoms with Crippen LogP contribution in [0.3, 0.4) is 0 Å². The molecule has 1 aromatic carbocycles. The van der Waals surface area contributed by atoms with Gasteiger partial charge < -0.3 is 9.64 Å². The number of aromatic nitrogens is 4. The average Bonchev–Trinajstić information content (AvgIpc) is 3.21. The molecule has 2 aromatic heterocycles. The van der Waals surface area contributed by atoms with E-state index in [1.54, 1.807) is 26.1 Å². The molecule has 3 aromatic rings. The van der Waals surface area contributed by atoms with Gasteiger partial charge in [-0.05, 0) is 32.4 Å². The summed E-state index contributed by atoms with van der Waals surface area (Å²) in [4.78, 5) is 19.7. The number of ether oxygens (including phenoxy) is 1. The van der Waals surface area contributed by atoms with E-state index < -0.39 is 17.5 Å². The average molecular weight is 401 g/mol. The zero-order chi connectivity index (χ0) is 21.0. The number of hydrogen-bond donors (Lipinski definition) is 0. The summed E-state index contributed by atoms with van der Waals surface area (Å²) >= 11 is 0. The Hall–Kier alpha value is -3.36. The topological polar surface area (TPSA) is 73.1 Å². The highest BCUT2D eigenvalue weighted by Crippen LogP contribution is 2.22. The lowest BCUT2D eigenvalue weighted by atomic mass is 10.1. The first-order valence-corrected chi connectivity index (χ1v) is 9.12. The van der Waals surface area contributed by atoms with E-state index in [-0.39, 0.29) is 23.9 Å². The zero-order valence-corrected chi connectivity index (χ0v) is 16.3. The summed E-state index contributed by atoms with van der Waals surface area (Å²) in [6.45, 7) is 5.97. The third kappa shape index (κ3) is 4.56. The van der Waals surface area contributed by atoms with Crippen LogP contribution in [0.1, 0.15) is 29.8 Å².